The van der Waals surface area contributed by atoms with Gasteiger partial charge in [0.05, 0.1) is 24.9 Å². The summed E-state index contributed by atoms with van der Waals surface area (Å²) in [5, 5.41) is 21.0. The molecule has 0 aromatic rings. The van der Waals surface area contributed by atoms with Gasteiger partial charge >= 0.3 is 5.97 Å². The maximum atomic E-state index is 12.9. The van der Waals surface area contributed by atoms with E-state index >= 15 is 0 Å². The van der Waals surface area contributed by atoms with E-state index in [-0.39, 0.29) is 60.4 Å². The number of nitrogens with zero attached hydrogens (tertiary/aromatic N) is 1. The molecule has 9 heteroatoms. The molecule has 3 heterocycles. The van der Waals surface area contributed by atoms with Gasteiger partial charge in [-0.25, -0.2) is 4.79 Å². The molecule has 216 valence electrons. The van der Waals surface area contributed by atoms with Gasteiger partial charge in [0.25, 0.3) is 0 Å². The average Bonchev–Trinajstić information content (AvgIpc) is 3.63. The van der Waals surface area contributed by atoms with E-state index in [2.05, 4.69) is 0 Å². The van der Waals surface area contributed by atoms with Gasteiger partial charge in [-0.3, -0.25) is 4.79 Å². The Bertz CT molecular complexity index is 860. The van der Waals surface area contributed by atoms with Crippen molar-refractivity contribution in [2.45, 2.75) is 103 Å². The highest BCUT2D eigenvalue weighted by Crippen LogP contribution is 2.35. The molecule has 12 atom stereocenters. The Labute approximate surface area is 227 Å². The van der Waals surface area contributed by atoms with Crippen molar-refractivity contribution in [2.24, 2.45) is 23.7 Å². The van der Waals surface area contributed by atoms with Crippen LogP contribution in [0.2, 0.25) is 0 Å². The molecular weight excluding hydrogens is 490 g/mol. The number of fused-ring (bicyclic) bond motifs is 1. The Kier molecular flexibility index (Phi) is 11.1. The fourth-order valence-electron chi connectivity index (χ4n) is 5.82. The third kappa shape index (κ3) is 7.73. The summed E-state index contributed by atoms with van der Waals surface area (Å²) in [6, 6.07) is -0.115. The molecule has 0 aromatic heterocycles. The van der Waals surface area contributed by atoms with Gasteiger partial charge in [-0.1, -0.05) is 33.8 Å². The number of aliphatic hydroxyl groups excluding tert-OH is 2. The number of allylic oxidation sites excluding steroid dienone is 1. The highest BCUT2D eigenvalue weighted by molar-refractivity contribution is 5.91. The second-order valence-electron chi connectivity index (χ2n) is 11.6. The number of ketones is 1. The quantitative estimate of drug-likeness (QED) is 0.403. The highest BCUT2D eigenvalue weighted by Gasteiger charge is 2.47. The molecule has 9 nitrogen and oxygen atoms in total. The number of hydrogen-bond acceptors (Lipinski definition) is 9. The van der Waals surface area contributed by atoms with Gasteiger partial charge in [0, 0.05) is 29.9 Å². The first-order valence-electron chi connectivity index (χ1n) is 14.0. The number of aliphatic hydroxyl groups is 2. The molecule has 0 saturated carbocycles. The lowest BCUT2D eigenvalue weighted by Crippen LogP contribution is -2.55. The van der Waals surface area contributed by atoms with Gasteiger partial charge in [-0.15, -0.1) is 0 Å². The fourth-order valence-corrected chi connectivity index (χ4v) is 5.82. The van der Waals surface area contributed by atoms with Crippen LogP contribution in [0.25, 0.3) is 0 Å². The van der Waals surface area contributed by atoms with Crippen LogP contribution in [-0.4, -0.2) is 96.5 Å². The lowest BCUT2D eigenvalue weighted by Gasteiger charge is -2.43. The van der Waals surface area contributed by atoms with Gasteiger partial charge < -0.3 is 34.1 Å². The Balaban J connectivity index is 1.86. The molecule has 0 spiro atoms. The Morgan fingerprint density at radius 2 is 1.76 bits per heavy atom. The number of esters is 1. The maximum absolute atomic E-state index is 12.9. The lowest BCUT2D eigenvalue weighted by molar-refractivity contribution is -0.277. The number of carbonyl (C=O) groups excluding carboxylic acids is 2. The Morgan fingerprint density at radius 3 is 2.39 bits per heavy atom. The molecule has 3 aliphatic rings. The van der Waals surface area contributed by atoms with Crippen LogP contribution in [0.3, 0.4) is 0 Å². The van der Waals surface area contributed by atoms with Gasteiger partial charge in [0.2, 0.25) is 0 Å². The number of cyclic esters (lactones) is 1. The molecule has 2 fully saturated rings. The number of rotatable bonds is 5. The third-order valence-corrected chi connectivity index (χ3v) is 8.19. The summed E-state index contributed by atoms with van der Waals surface area (Å²) < 4.78 is 23.9. The average molecular weight is 538 g/mol. The molecule has 0 amide bonds. The molecule has 0 aliphatic carbocycles. The van der Waals surface area contributed by atoms with Crippen molar-refractivity contribution in [1.29, 1.82) is 0 Å². The highest BCUT2D eigenvalue weighted by atomic mass is 16.7. The van der Waals surface area contributed by atoms with Gasteiger partial charge in [-0.2, -0.15) is 0 Å². The van der Waals surface area contributed by atoms with Crippen LogP contribution < -0.4 is 0 Å². The van der Waals surface area contributed by atoms with Crippen molar-refractivity contribution in [3.05, 3.63) is 24.3 Å². The van der Waals surface area contributed by atoms with Crippen LogP contribution >= 0.6 is 0 Å². The van der Waals surface area contributed by atoms with E-state index in [9.17, 15) is 19.8 Å². The monoisotopic (exact) mass is 537 g/mol. The molecule has 2 saturated heterocycles. The van der Waals surface area contributed by atoms with Crippen LogP contribution in [0, 0.1) is 23.7 Å². The van der Waals surface area contributed by atoms with E-state index in [1.807, 2.05) is 53.6 Å². The summed E-state index contributed by atoms with van der Waals surface area (Å²) in [7, 11) is 3.85. The van der Waals surface area contributed by atoms with Crippen molar-refractivity contribution in [1.82, 2.24) is 4.90 Å². The van der Waals surface area contributed by atoms with Crippen LogP contribution in [-0.2, 0) is 28.5 Å². The van der Waals surface area contributed by atoms with Crippen LogP contribution in [0.15, 0.2) is 24.3 Å². The van der Waals surface area contributed by atoms with Crippen LogP contribution in [0.4, 0.5) is 0 Å². The predicted octanol–water partition coefficient (Wildman–Crippen LogP) is 2.49. The predicted molar refractivity (Wildman–Crippen MR) is 142 cm³/mol. The molecule has 0 radical (unpaired) electrons. The van der Waals surface area contributed by atoms with E-state index in [1.165, 1.54) is 6.08 Å². The van der Waals surface area contributed by atoms with Crippen molar-refractivity contribution in [3.63, 3.8) is 0 Å². The van der Waals surface area contributed by atoms with Crippen molar-refractivity contribution in [3.8, 4) is 0 Å². The Morgan fingerprint density at radius 1 is 1.05 bits per heavy atom. The molecule has 2 unspecified atom stereocenters. The normalized spacial score (nSPS) is 44.8. The second kappa shape index (κ2) is 13.6. The largest absolute Gasteiger partial charge is 0.459 e. The number of epoxide rings is 1. The number of ether oxygens (including phenoxy) is 4. The van der Waals surface area contributed by atoms with Gasteiger partial charge in [0.1, 0.15) is 18.3 Å². The minimum absolute atomic E-state index is 0.00518. The zero-order valence-corrected chi connectivity index (χ0v) is 23.9. The summed E-state index contributed by atoms with van der Waals surface area (Å²) in [5.74, 6) is -1.46. The lowest BCUT2D eigenvalue weighted by atomic mass is 9.84. The zero-order valence-electron chi connectivity index (χ0n) is 23.9. The summed E-state index contributed by atoms with van der Waals surface area (Å²) in [6.07, 6.45) is 4.92. The molecule has 0 bridgehead atoms. The first-order chi connectivity index (χ1) is 18.0. The molecule has 2 N–H and O–H groups in total. The summed E-state index contributed by atoms with van der Waals surface area (Å²) >= 11 is 0. The van der Waals surface area contributed by atoms with Gasteiger partial charge in [-0.05, 0) is 58.4 Å². The summed E-state index contributed by atoms with van der Waals surface area (Å²) in [4.78, 5) is 27.7. The third-order valence-electron chi connectivity index (χ3n) is 8.19. The zero-order chi connectivity index (χ0) is 28.1. The van der Waals surface area contributed by atoms with E-state index in [0.717, 1.165) is 0 Å². The molecule has 3 aliphatic heterocycles. The van der Waals surface area contributed by atoms with E-state index < -0.39 is 30.6 Å². The number of carbonyl (C=O) groups is 2. The maximum Gasteiger partial charge on any atom is 0.330 e. The van der Waals surface area contributed by atoms with Crippen LogP contribution in [0.5, 0.6) is 0 Å². The first kappa shape index (κ1) is 30.9. The minimum Gasteiger partial charge on any atom is -0.459 e. The smallest absolute Gasteiger partial charge is 0.330 e. The molecule has 38 heavy (non-hydrogen) atoms. The van der Waals surface area contributed by atoms with Crippen molar-refractivity contribution >= 4 is 11.8 Å². The fraction of sp³-hybridized carbons (Fsp3) is 0.793. The number of likely N-dealkylation sites (N-methyl/N-ethyl adjacent to an activating group) is 1. The summed E-state index contributed by atoms with van der Waals surface area (Å²) in [6.45, 7) is 9.53. The molecule has 0 aromatic carbocycles. The van der Waals surface area contributed by atoms with E-state index in [1.54, 1.807) is 18.2 Å². The first-order valence-corrected chi connectivity index (χ1v) is 14.0. The molecular formula is C29H47NO8. The van der Waals surface area contributed by atoms with Gasteiger partial charge in [0.15, 0.2) is 12.1 Å². The number of hydrogen-bond donors (Lipinski definition) is 2. The molecule has 3 rings (SSSR count). The minimum atomic E-state index is -0.843. The van der Waals surface area contributed by atoms with Crippen molar-refractivity contribution < 1.29 is 38.7 Å². The summed E-state index contributed by atoms with van der Waals surface area (Å²) in [5.41, 5.74) is 0. The standard InChI is InChI=1S/C29H47NO8/c1-8-23-20(15-31)28-24(37-28)11-10-22(32)17(3)13-18(4)27(16(2)9-12-25(33)36-23)38-29-26(34)21(30(6)7)14-19(5)35-29/h9-12,16-21,23-24,26-29,31,34H,8,13-15H2,1-7H3/b11-10+,12-9+/t16-,17+,18-,19+,20+,21-,23?,24+,26+,27?,28-,29-/m0/s1. The second-order valence-corrected chi connectivity index (χ2v) is 11.6. The topological polar surface area (TPSA) is 118 Å². The van der Waals surface area contributed by atoms with Crippen molar-refractivity contribution in [2.75, 3.05) is 20.7 Å². The SMILES string of the molecule is CCC1OC(=O)/C=C/[C@H](C)C(O[C@@H]2O[C@H](C)C[C@H](N(C)C)[C@H]2O)[C@@H](C)C[C@@H](C)C(=O)/C=C/[C@H]2O[C@H]2[C@@H]1CO. The van der Waals surface area contributed by atoms with Crippen LogP contribution in [0.1, 0.15) is 53.9 Å². The Hall–Kier alpha value is -1.62. The van der Waals surface area contributed by atoms with E-state index in [4.69, 9.17) is 18.9 Å². The van der Waals surface area contributed by atoms with E-state index in [0.29, 0.717) is 19.3 Å².